The first kappa shape index (κ1) is 12.5. The number of aromatic hydroxyl groups is 1. The van der Waals surface area contributed by atoms with Crippen LogP contribution in [0.15, 0.2) is 18.2 Å². The topological polar surface area (TPSA) is 40.5 Å². The van der Waals surface area contributed by atoms with Gasteiger partial charge in [-0.05, 0) is 37.8 Å². The maximum absolute atomic E-state index is 12.4. The molecule has 1 N–H and O–H groups in total. The molecule has 0 aromatic heterocycles. The smallest absolute Gasteiger partial charge is 0.255 e. The summed E-state index contributed by atoms with van der Waals surface area (Å²) in [5.41, 5.74) is 1.14. The van der Waals surface area contributed by atoms with Crippen molar-refractivity contribution in [2.45, 2.75) is 19.8 Å². The van der Waals surface area contributed by atoms with Gasteiger partial charge in [0.2, 0.25) is 0 Å². The molecule has 2 rings (SSSR count). The number of benzene rings is 1. The summed E-state index contributed by atoms with van der Waals surface area (Å²) in [4.78, 5) is 14.1. The van der Waals surface area contributed by atoms with Crippen molar-refractivity contribution in [3.8, 4) is 18.1 Å². The zero-order valence-electron chi connectivity index (χ0n) is 10.5. The van der Waals surface area contributed by atoms with Crippen molar-refractivity contribution in [3.63, 3.8) is 0 Å². The molecule has 1 aromatic rings. The van der Waals surface area contributed by atoms with E-state index in [0.717, 1.165) is 6.54 Å². The van der Waals surface area contributed by atoms with Crippen LogP contribution < -0.4 is 0 Å². The van der Waals surface area contributed by atoms with Crippen LogP contribution in [0.4, 0.5) is 0 Å². The van der Waals surface area contributed by atoms with Gasteiger partial charge in [0.25, 0.3) is 5.91 Å². The van der Waals surface area contributed by atoms with Gasteiger partial charge in [-0.1, -0.05) is 12.0 Å². The van der Waals surface area contributed by atoms with E-state index >= 15 is 0 Å². The Balaban J connectivity index is 2.21. The zero-order valence-corrected chi connectivity index (χ0v) is 10.5. The van der Waals surface area contributed by atoms with E-state index in [1.807, 2.05) is 0 Å². The zero-order chi connectivity index (χ0) is 13.1. The molecule has 0 saturated heterocycles. The van der Waals surface area contributed by atoms with Crippen molar-refractivity contribution < 1.29 is 9.90 Å². The summed E-state index contributed by atoms with van der Waals surface area (Å²) in [7, 11) is 0. The lowest BCUT2D eigenvalue weighted by Gasteiger charge is -2.21. The van der Waals surface area contributed by atoms with Crippen molar-refractivity contribution in [1.29, 1.82) is 0 Å². The van der Waals surface area contributed by atoms with Gasteiger partial charge in [-0.3, -0.25) is 4.79 Å². The quantitative estimate of drug-likeness (QED) is 0.823. The van der Waals surface area contributed by atoms with Gasteiger partial charge in [-0.25, -0.2) is 0 Å². The molecule has 0 unspecified atom stereocenters. The predicted octanol–water partition coefficient (Wildman–Crippen LogP) is 2.19. The van der Waals surface area contributed by atoms with Crippen LogP contribution in [0.25, 0.3) is 0 Å². The van der Waals surface area contributed by atoms with Gasteiger partial charge >= 0.3 is 0 Å². The Morgan fingerprint density at radius 1 is 1.56 bits per heavy atom. The van der Waals surface area contributed by atoms with Crippen LogP contribution in [0.1, 0.15) is 28.8 Å². The maximum atomic E-state index is 12.4. The molecule has 1 aliphatic rings. The number of phenols is 1. The van der Waals surface area contributed by atoms with Crippen LogP contribution in [-0.2, 0) is 0 Å². The fourth-order valence-electron chi connectivity index (χ4n) is 1.97. The lowest BCUT2D eigenvalue weighted by atomic mass is 10.1. The van der Waals surface area contributed by atoms with Crippen molar-refractivity contribution in [1.82, 2.24) is 4.90 Å². The fourth-order valence-corrected chi connectivity index (χ4v) is 1.97. The molecule has 0 bridgehead atoms. The van der Waals surface area contributed by atoms with Crippen LogP contribution in [0.2, 0.25) is 0 Å². The van der Waals surface area contributed by atoms with Gasteiger partial charge in [-0.15, -0.1) is 6.42 Å². The average molecular weight is 243 g/mol. The standard InChI is InChI=1S/C15H17NO2/c1-3-9-16(10-12-7-8-12)15(18)13-5-4-6-14(17)11(13)2/h1,4-6,12,17H,7-10H2,2H3. The molecule has 3 nitrogen and oxygen atoms in total. The van der Waals surface area contributed by atoms with Crippen molar-refractivity contribution in [3.05, 3.63) is 29.3 Å². The van der Waals surface area contributed by atoms with Gasteiger partial charge in [0.05, 0.1) is 6.54 Å². The van der Waals surface area contributed by atoms with Gasteiger partial charge in [0.15, 0.2) is 0 Å². The van der Waals surface area contributed by atoms with E-state index in [1.165, 1.54) is 12.8 Å². The van der Waals surface area contributed by atoms with Gasteiger partial charge < -0.3 is 10.0 Å². The Bertz CT molecular complexity index is 498. The number of phenolic OH excluding ortho intramolecular Hbond substituents is 1. The maximum Gasteiger partial charge on any atom is 0.255 e. The molecule has 1 aliphatic carbocycles. The molecule has 1 aromatic carbocycles. The van der Waals surface area contributed by atoms with Crippen molar-refractivity contribution >= 4 is 5.91 Å². The third-order valence-electron chi connectivity index (χ3n) is 3.28. The molecule has 18 heavy (non-hydrogen) atoms. The number of carbonyl (C=O) groups is 1. The minimum atomic E-state index is -0.0896. The molecular formula is C15H17NO2. The SMILES string of the molecule is C#CCN(CC1CC1)C(=O)c1cccc(O)c1C. The van der Waals surface area contributed by atoms with Crippen LogP contribution in [-0.4, -0.2) is 29.0 Å². The minimum absolute atomic E-state index is 0.0896. The summed E-state index contributed by atoms with van der Waals surface area (Å²) in [6.45, 7) is 2.79. The number of terminal acetylenes is 1. The third kappa shape index (κ3) is 2.65. The number of rotatable bonds is 4. The molecule has 1 fully saturated rings. The number of nitrogens with zero attached hydrogens (tertiary/aromatic N) is 1. The monoisotopic (exact) mass is 243 g/mol. The lowest BCUT2D eigenvalue weighted by molar-refractivity contribution is 0.0768. The Hall–Kier alpha value is -1.95. The Labute approximate surface area is 107 Å². The Morgan fingerprint density at radius 2 is 2.28 bits per heavy atom. The van der Waals surface area contributed by atoms with E-state index in [-0.39, 0.29) is 11.7 Å². The first-order valence-corrected chi connectivity index (χ1v) is 6.14. The molecule has 0 aliphatic heterocycles. The normalized spacial score (nSPS) is 14.0. The molecule has 3 heteroatoms. The molecule has 0 heterocycles. The average Bonchev–Trinajstić information content (AvgIpc) is 3.15. The van der Waals surface area contributed by atoms with Crippen LogP contribution in [0, 0.1) is 25.2 Å². The third-order valence-corrected chi connectivity index (χ3v) is 3.28. The van der Waals surface area contributed by atoms with E-state index in [0.29, 0.717) is 23.6 Å². The van der Waals surface area contributed by atoms with Gasteiger partial charge in [-0.2, -0.15) is 0 Å². The molecular weight excluding hydrogens is 226 g/mol. The molecule has 0 radical (unpaired) electrons. The number of carbonyl (C=O) groups excluding carboxylic acids is 1. The lowest BCUT2D eigenvalue weighted by Crippen LogP contribution is -2.33. The summed E-state index contributed by atoms with van der Waals surface area (Å²) in [6.07, 6.45) is 7.66. The van der Waals surface area contributed by atoms with Gasteiger partial charge in [0.1, 0.15) is 5.75 Å². The second kappa shape index (κ2) is 5.14. The highest BCUT2D eigenvalue weighted by molar-refractivity contribution is 5.96. The van der Waals surface area contributed by atoms with Crippen LogP contribution >= 0.6 is 0 Å². The van der Waals surface area contributed by atoms with Gasteiger partial charge in [0, 0.05) is 17.7 Å². The number of amides is 1. The second-order valence-corrected chi connectivity index (χ2v) is 4.78. The first-order valence-electron chi connectivity index (χ1n) is 6.14. The second-order valence-electron chi connectivity index (χ2n) is 4.78. The largest absolute Gasteiger partial charge is 0.508 e. The molecule has 1 amide bonds. The first-order chi connectivity index (χ1) is 8.63. The molecule has 1 saturated carbocycles. The van der Waals surface area contributed by atoms with E-state index in [4.69, 9.17) is 6.42 Å². The highest BCUT2D eigenvalue weighted by Gasteiger charge is 2.27. The highest BCUT2D eigenvalue weighted by atomic mass is 16.3. The van der Waals surface area contributed by atoms with E-state index < -0.39 is 0 Å². The Kier molecular flexibility index (Phi) is 3.57. The summed E-state index contributed by atoms with van der Waals surface area (Å²) in [5.74, 6) is 3.18. The van der Waals surface area contributed by atoms with Crippen LogP contribution in [0.5, 0.6) is 5.75 Å². The minimum Gasteiger partial charge on any atom is -0.508 e. The number of hydrogen-bond donors (Lipinski definition) is 1. The number of hydrogen-bond acceptors (Lipinski definition) is 2. The molecule has 0 spiro atoms. The van der Waals surface area contributed by atoms with E-state index in [9.17, 15) is 9.90 Å². The summed E-state index contributed by atoms with van der Waals surface area (Å²) < 4.78 is 0. The summed E-state index contributed by atoms with van der Waals surface area (Å²) >= 11 is 0. The van der Waals surface area contributed by atoms with Crippen molar-refractivity contribution in [2.24, 2.45) is 5.92 Å². The van der Waals surface area contributed by atoms with E-state index in [2.05, 4.69) is 5.92 Å². The molecule has 0 atom stereocenters. The predicted molar refractivity (Wildman–Crippen MR) is 70.3 cm³/mol. The highest BCUT2D eigenvalue weighted by Crippen LogP contribution is 2.30. The molecule has 94 valence electrons. The van der Waals surface area contributed by atoms with Crippen LogP contribution in [0.3, 0.4) is 0 Å². The fraction of sp³-hybridized carbons (Fsp3) is 0.400. The van der Waals surface area contributed by atoms with E-state index in [1.54, 1.807) is 30.0 Å². The Morgan fingerprint density at radius 3 is 2.89 bits per heavy atom. The van der Waals surface area contributed by atoms with Crippen molar-refractivity contribution in [2.75, 3.05) is 13.1 Å². The summed E-state index contributed by atoms with van der Waals surface area (Å²) in [6, 6.07) is 4.99. The summed E-state index contributed by atoms with van der Waals surface area (Å²) in [5, 5.41) is 9.64.